The van der Waals surface area contributed by atoms with Crippen molar-refractivity contribution in [2.45, 2.75) is 40.3 Å². The second kappa shape index (κ2) is 6.07. The Morgan fingerprint density at radius 3 is 2.70 bits per heavy atom. The van der Waals surface area contributed by atoms with Crippen molar-refractivity contribution in [1.82, 2.24) is 9.55 Å². The molecule has 0 aliphatic heterocycles. The fourth-order valence-corrected chi connectivity index (χ4v) is 2.15. The molecule has 1 heterocycles. The summed E-state index contributed by atoms with van der Waals surface area (Å²) in [6.07, 6.45) is 3.75. The zero-order chi connectivity index (χ0) is 14.7. The first-order chi connectivity index (χ1) is 9.47. The molecule has 0 spiro atoms. The van der Waals surface area contributed by atoms with Gasteiger partial charge < -0.3 is 9.88 Å². The lowest BCUT2D eigenvalue weighted by molar-refractivity contribution is 0.524. The van der Waals surface area contributed by atoms with Crippen molar-refractivity contribution in [3.05, 3.63) is 47.5 Å². The molecule has 0 saturated carbocycles. The van der Waals surface area contributed by atoms with Crippen LogP contribution in [0, 0.1) is 18.7 Å². The zero-order valence-electron chi connectivity index (χ0n) is 12.5. The van der Waals surface area contributed by atoms with Crippen LogP contribution in [-0.4, -0.2) is 9.55 Å². The van der Waals surface area contributed by atoms with Crippen LogP contribution in [0.3, 0.4) is 0 Å². The SMILES string of the molecule is Cc1ccc(C(C)Nc2nccn2CC(C)C)cc1F. The van der Waals surface area contributed by atoms with E-state index >= 15 is 0 Å². The Morgan fingerprint density at radius 2 is 2.05 bits per heavy atom. The largest absolute Gasteiger partial charge is 0.349 e. The van der Waals surface area contributed by atoms with Gasteiger partial charge in [0.05, 0.1) is 6.04 Å². The smallest absolute Gasteiger partial charge is 0.203 e. The zero-order valence-corrected chi connectivity index (χ0v) is 12.5. The molecule has 1 atom stereocenters. The average Bonchev–Trinajstić information content (AvgIpc) is 2.79. The van der Waals surface area contributed by atoms with Gasteiger partial charge in [0.15, 0.2) is 0 Å². The highest BCUT2D eigenvalue weighted by molar-refractivity contribution is 5.34. The molecule has 0 fully saturated rings. The molecule has 0 aliphatic carbocycles. The van der Waals surface area contributed by atoms with Crippen LogP contribution in [0.25, 0.3) is 0 Å². The molecule has 4 heteroatoms. The maximum Gasteiger partial charge on any atom is 0.203 e. The molecule has 0 aliphatic rings. The second-order valence-electron chi connectivity index (χ2n) is 5.67. The fourth-order valence-electron chi connectivity index (χ4n) is 2.15. The van der Waals surface area contributed by atoms with Gasteiger partial charge in [-0.1, -0.05) is 26.0 Å². The van der Waals surface area contributed by atoms with Crippen LogP contribution in [0.15, 0.2) is 30.6 Å². The van der Waals surface area contributed by atoms with E-state index in [2.05, 4.69) is 28.7 Å². The first kappa shape index (κ1) is 14.6. The summed E-state index contributed by atoms with van der Waals surface area (Å²) in [6.45, 7) is 9.04. The summed E-state index contributed by atoms with van der Waals surface area (Å²) in [4.78, 5) is 4.33. The molecule has 0 amide bonds. The maximum absolute atomic E-state index is 13.6. The number of nitrogens with one attached hydrogen (secondary N) is 1. The Hall–Kier alpha value is -1.84. The van der Waals surface area contributed by atoms with Crippen LogP contribution in [0.2, 0.25) is 0 Å². The number of hydrogen-bond acceptors (Lipinski definition) is 2. The Bertz CT molecular complexity index is 575. The summed E-state index contributed by atoms with van der Waals surface area (Å²) in [6, 6.07) is 5.36. The number of anilines is 1. The van der Waals surface area contributed by atoms with E-state index in [0.29, 0.717) is 11.5 Å². The summed E-state index contributed by atoms with van der Waals surface area (Å²) < 4.78 is 15.7. The summed E-state index contributed by atoms with van der Waals surface area (Å²) in [5.41, 5.74) is 1.59. The molecular weight excluding hydrogens is 253 g/mol. The Kier molecular flexibility index (Phi) is 4.42. The molecule has 1 aromatic heterocycles. The van der Waals surface area contributed by atoms with Gasteiger partial charge in [0.2, 0.25) is 5.95 Å². The van der Waals surface area contributed by atoms with Crippen molar-refractivity contribution in [2.75, 3.05) is 5.32 Å². The lowest BCUT2D eigenvalue weighted by Gasteiger charge is -2.17. The van der Waals surface area contributed by atoms with E-state index in [-0.39, 0.29) is 11.9 Å². The predicted molar refractivity (Wildman–Crippen MR) is 80.2 cm³/mol. The van der Waals surface area contributed by atoms with Crippen LogP contribution in [0.5, 0.6) is 0 Å². The molecule has 1 N–H and O–H groups in total. The molecule has 20 heavy (non-hydrogen) atoms. The number of imidazole rings is 1. The van der Waals surface area contributed by atoms with Crippen LogP contribution in [0.4, 0.5) is 10.3 Å². The average molecular weight is 275 g/mol. The number of halogens is 1. The molecule has 0 saturated heterocycles. The Morgan fingerprint density at radius 1 is 1.30 bits per heavy atom. The topological polar surface area (TPSA) is 29.9 Å². The van der Waals surface area contributed by atoms with Gasteiger partial charge in [-0.2, -0.15) is 0 Å². The number of hydrogen-bond donors (Lipinski definition) is 1. The molecule has 0 bridgehead atoms. The van der Waals surface area contributed by atoms with Crippen LogP contribution in [-0.2, 0) is 6.54 Å². The van der Waals surface area contributed by atoms with Crippen molar-refractivity contribution >= 4 is 5.95 Å². The minimum atomic E-state index is -0.165. The van der Waals surface area contributed by atoms with Crippen molar-refractivity contribution in [2.24, 2.45) is 5.92 Å². The third-order valence-electron chi connectivity index (χ3n) is 3.32. The second-order valence-corrected chi connectivity index (χ2v) is 5.67. The van der Waals surface area contributed by atoms with E-state index in [0.717, 1.165) is 18.1 Å². The molecular formula is C16H22FN3. The third kappa shape index (κ3) is 3.38. The van der Waals surface area contributed by atoms with E-state index in [1.165, 1.54) is 0 Å². The van der Waals surface area contributed by atoms with E-state index < -0.39 is 0 Å². The normalized spacial score (nSPS) is 12.7. The van der Waals surface area contributed by atoms with Gasteiger partial charge in [-0.15, -0.1) is 0 Å². The monoisotopic (exact) mass is 275 g/mol. The first-order valence-electron chi connectivity index (χ1n) is 7.01. The lowest BCUT2D eigenvalue weighted by atomic mass is 10.1. The summed E-state index contributed by atoms with van der Waals surface area (Å²) in [5.74, 6) is 1.21. The Labute approximate surface area is 119 Å². The molecule has 2 rings (SSSR count). The van der Waals surface area contributed by atoms with Crippen molar-refractivity contribution in [3.8, 4) is 0 Å². The molecule has 1 aromatic carbocycles. The van der Waals surface area contributed by atoms with E-state index in [1.54, 1.807) is 19.2 Å². The van der Waals surface area contributed by atoms with Crippen molar-refractivity contribution in [1.29, 1.82) is 0 Å². The molecule has 2 aromatic rings. The van der Waals surface area contributed by atoms with Gasteiger partial charge in [-0.25, -0.2) is 9.37 Å². The molecule has 1 unspecified atom stereocenters. The highest BCUT2D eigenvalue weighted by Crippen LogP contribution is 2.20. The summed E-state index contributed by atoms with van der Waals surface area (Å²) in [5, 5.41) is 3.34. The molecule has 108 valence electrons. The quantitative estimate of drug-likeness (QED) is 0.888. The highest BCUT2D eigenvalue weighted by atomic mass is 19.1. The van der Waals surface area contributed by atoms with Gasteiger partial charge in [-0.05, 0) is 37.0 Å². The fraction of sp³-hybridized carbons (Fsp3) is 0.438. The number of aryl methyl sites for hydroxylation is 1. The van der Waals surface area contributed by atoms with Crippen LogP contribution in [0.1, 0.15) is 37.9 Å². The van der Waals surface area contributed by atoms with Crippen LogP contribution < -0.4 is 5.32 Å². The number of benzene rings is 1. The number of rotatable bonds is 5. The van der Waals surface area contributed by atoms with Crippen molar-refractivity contribution < 1.29 is 4.39 Å². The van der Waals surface area contributed by atoms with E-state index in [4.69, 9.17) is 0 Å². The van der Waals surface area contributed by atoms with Crippen LogP contribution >= 0.6 is 0 Å². The standard InChI is InChI=1S/C16H22FN3/c1-11(2)10-20-8-7-18-16(20)19-13(4)14-6-5-12(3)15(17)9-14/h5-9,11,13H,10H2,1-4H3,(H,18,19). The van der Waals surface area contributed by atoms with E-state index in [1.807, 2.05) is 25.3 Å². The van der Waals surface area contributed by atoms with Gasteiger partial charge >= 0.3 is 0 Å². The minimum absolute atomic E-state index is 0.0124. The summed E-state index contributed by atoms with van der Waals surface area (Å²) >= 11 is 0. The highest BCUT2D eigenvalue weighted by Gasteiger charge is 2.11. The Balaban J connectivity index is 2.13. The maximum atomic E-state index is 13.6. The molecule has 0 radical (unpaired) electrons. The van der Waals surface area contributed by atoms with Gasteiger partial charge in [0, 0.05) is 18.9 Å². The molecule has 3 nitrogen and oxygen atoms in total. The predicted octanol–water partition coefficient (Wildman–Crippen LogP) is 4.16. The summed E-state index contributed by atoms with van der Waals surface area (Å²) in [7, 11) is 0. The van der Waals surface area contributed by atoms with Gasteiger partial charge in [-0.3, -0.25) is 0 Å². The van der Waals surface area contributed by atoms with Gasteiger partial charge in [0.25, 0.3) is 0 Å². The van der Waals surface area contributed by atoms with E-state index in [9.17, 15) is 4.39 Å². The number of nitrogens with zero attached hydrogens (tertiary/aromatic N) is 2. The lowest BCUT2D eigenvalue weighted by Crippen LogP contribution is -2.13. The first-order valence-corrected chi connectivity index (χ1v) is 7.01. The van der Waals surface area contributed by atoms with Gasteiger partial charge in [0.1, 0.15) is 5.82 Å². The number of aromatic nitrogens is 2. The third-order valence-corrected chi connectivity index (χ3v) is 3.32. The van der Waals surface area contributed by atoms with Crippen molar-refractivity contribution in [3.63, 3.8) is 0 Å². The minimum Gasteiger partial charge on any atom is -0.349 e.